The van der Waals surface area contributed by atoms with E-state index in [-0.39, 0.29) is 45.0 Å². The largest absolute Gasteiger partial charge is 0.467 e. The molecule has 2 saturated heterocycles. The van der Waals surface area contributed by atoms with E-state index >= 15 is 0 Å². The SMILES string of the molecule is COC(=O)[C@H]1O[C@@H](O[C@H]2CC[C@]3(C)[C@H]4CC=C5[C@H]6CC(C)(C)CC[C@@]6(C(=O)O[C@@H]6O[C@H](CO)[C@@H](O)[C@H](O)[C@H]6O)CC[C@@]5(C)[C@]4(C)CC[C@H]3C2(C)C)[C@H](O)[C@@H](O)[C@@H]1O. The molecule has 4 saturated carbocycles. The Kier molecular flexibility index (Phi) is 11.2. The summed E-state index contributed by atoms with van der Waals surface area (Å²) in [5.74, 6) is -0.876. The lowest BCUT2D eigenvalue weighted by Gasteiger charge is -2.71. The van der Waals surface area contributed by atoms with Crippen molar-refractivity contribution in [2.75, 3.05) is 13.7 Å². The molecule has 7 N–H and O–H groups in total. The van der Waals surface area contributed by atoms with Crippen molar-refractivity contribution in [3.63, 3.8) is 0 Å². The smallest absolute Gasteiger partial charge is 0.337 e. The number of esters is 2. The molecule has 57 heavy (non-hydrogen) atoms. The van der Waals surface area contributed by atoms with Crippen molar-refractivity contribution >= 4 is 11.9 Å². The second-order valence-electron chi connectivity index (χ2n) is 20.9. The molecule has 7 aliphatic rings. The summed E-state index contributed by atoms with van der Waals surface area (Å²) in [7, 11) is 1.17. The molecule has 5 aliphatic carbocycles. The summed E-state index contributed by atoms with van der Waals surface area (Å²) in [5.41, 5.74) is -0.351. The van der Waals surface area contributed by atoms with Crippen molar-refractivity contribution in [1.82, 2.24) is 0 Å². The fourth-order valence-corrected chi connectivity index (χ4v) is 13.7. The lowest BCUT2D eigenvalue weighted by Crippen LogP contribution is -2.66. The number of carbonyl (C=O) groups excluding carboxylic acids is 2. The summed E-state index contributed by atoms with van der Waals surface area (Å²) >= 11 is 0. The van der Waals surface area contributed by atoms with Gasteiger partial charge in [0.25, 0.3) is 0 Å². The molecular weight excluding hydrogens is 740 g/mol. The Morgan fingerprint density at radius 1 is 0.754 bits per heavy atom. The van der Waals surface area contributed by atoms with E-state index in [9.17, 15) is 45.3 Å². The third kappa shape index (κ3) is 6.48. The maximum Gasteiger partial charge on any atom is 0.337 e. The number of hydrogen-bond acceptors (Lipinski definition) is 14. The van der Waals surface area contributed by atoms with Crippen LogP contribution in [0, 0.1) is 50.2 Å². The highest BCUT2D eigenvalue weighted by Gasteiger charge is 2.70. The summed E-state index contributed by atoms with van der Waals surface area (Å²) < 4.78 is 28.7. The summed E-state index contributed by atoms with van der Waals surface area (Å²) in [6.45, 7) is 15.6. The number of aliphatic hydroxyl groups excluding tert-OH is 7. The summed E-state index contributed by atoms with van der Waals surface area (Å²) in [6, 6.07) is 0. The van der Waals surface area contributed by atoms with Crippen LogP contribution >= 0.6 is 0 Å². The minimum atomic E-state index is -1.67. The highest BCUT2D eigenvalue weighted by molar-refractivity contribution is 5.79. The lowest BCUT2D eigenvalue weighted by molar-refractivity contribution is -0.324. The molecule has 14 heteroatoms. The van der Waals surface area contributed by atoms with Gasteiger partial charge in [-0.25, -0.2) is 4.79 Å². The number of fused-ring (bicyclic) bond motifs is 7. The summed E-state index contributed by atoms with van der Waals surface area (Å²) in [5, 5.41) is 73.3. The Morgan fingerprint density at radius 2 is 1.40 bits per heavy atom. The summed E-state index contributed by atoms with van der Waals surface area (Å²) in [6.07, 6.45) is -5.33. The molecule has 0 spiro atoms. The Morgan fingerprint density at radius 3 is 2.07 bits per heavy atom. The van der Waals surface area contributed by atoms with Gasteiger partial charge in [0.15, 0.2) is 12.4 Å². The Balaban J connectivity index is 1.15. The molecule has 0 bridgehead atoms. The van der Waals surface area contributed by atoms with E-state index < -0.39 is 85.4 Å². The molecular formula is C43H68O14. The minimum absolute atomic E-state index is 0.0267. The highest BCUT2D eigenvalue weighted by Crippen LogP contribution is 2.76. The standard InChI is InChI=1S/C43H68O14/c1-38(2)15-17-43(37(52)57-35-31(49)28(46)27(45)23(20-44)54-35)18-16-41(6)21(22(43)19-38)9-10-25-40(5)13-12-26(39(3,4)24(40)11-14-42(25,41)7)55-36-32(50)29(47)30(48)33(56-36)34(51)53-8/h9,22-33,35-36,44-50H,10-20H2,1-8H3/t22-,23-,24+,25-,26+,27-,28+,29+,30+,31-,32-,33+,35+,36-,40+,41-,42-,43-/m1/s1. The van der Waals surface area contributed by atoms with Crippen molar-refractivity contribution < 1.29 is 69.0 Å². The van der Waals surface area contributed by atoms with Crippen LogP contribution in [0.1, 0.15) is 113 Å². The van der Waals surface area contributed by atoms with Crippen LogP contribution < -0.4 is 0 Å². The minimum Gasteiger partial charge on any atom is -0.467 e. The quantitative estimate of drug-likeness (QED) is 0.117. The van der Waals surface area contributed by atoms with Crippen LogP contribution in [0.2, 0.25) is 0 Å². The molecule has 2 aliphatic heterocycles. The van der Waals surface area contributed by atoms with E-state index in [2.05, 4.69) is 54.5 Å². The van der Waals surface area contributed by atoms with E-state index in [1.807, 2.05) is 0 Å². The number of carbonyl (C=O) groups is 2. The first kappa shape index (κ1) is 43.4. The zero-order valence-electron chi connectivity index (χ0n) is 34.9. The van der Waals surface area contributed by atoms with Gasteiger partial charge < -0.3 is 59.4 Å². The lowest BCUT2D eigenvalue weighted by atomic mass is 9.33. The molecule has 18 atom stereocenters. The normalized spacial score (nSPS) is 51.5. The Labute approximate surface area is 336 Å². The molecule has 0 aromatic heterocycles. The average Bonchev–Trinajstić information content (AvgIpc) is 3.15. The van der Waals surface area contributed by atoms with Crippen molar-refractivity contribution in [3.8, 4) is 0 Å². The highest BCUT2D eigenvalue weighted by atomic mass is 16.7. The molecule has 0 aromatic carbocycles. The molecule has 324 valence electrons. The maximum absolute atomic E-state index is 14.6. The first-order valence-electron chi connectivity index (χ1n) is 21.2. The van der Waals surface area contributed by atoms with E-state index in [1.54, 1.807) is 0 Å². The Bertz CT molecular complexity index is 1580. The van der Waals surface area contributed by atoms with E-state index in [1.165, 1.54) is 12.7 Å². The average molecular weight is 809 g/mol. The molecule has 7 rings (SSSR count). The third-order valence-corrected chi connectivity index (χ3v) is 17.4. The van der Waals surface area contributed by atoms with Gasteiger partial charge in [-0.15, -0.1) is 0 Å². The number of methoxy groups -OCH3 is 1. The predicted molar refractivity (Wildman–Crippen MR) is 202 cm³/mol. The monoisotopic (exact) mass is 808 g/mol. The molecule has 0 radical (unpaired) electrons. The van der Waals surface area contributed by atoms with Crippen molar-refractivity contribution in [2.24, 2.45) is 50.2 Å². The first-order valence-corrected chi connectivity index (χ1v) is 21.2. The second kappa shape index (κ2) is 14.7. The van der Waals surface area contributed by atoms with Crippen LogP contribution in [0.3, 0.4) is 0 Å². The first-order chi connectivity index (χ1) is 26.5. The van der Waals surface area contributed by atoms with Crippen LogP contribution in [0.4, 0.5) is 0 Å². The number of rotatable bonds is 6. The molecule has 14 nitrogen and oxygen atoms in total. The number of ether oxygens (including phenoxy) is 5. The van der Waals surface area contributed by atoms with Crippen LogP contribution in [-0.4, -0.2) is 129 Å². The molecule has 0 unspecified atom stereocenters. The molecule has 0 aromatic rings. The van der Waals surface area contributed by atoms with Crippen molar-refractivity contribution in [2.45, 2.75) is 180 Å². The zero-order valence-corrected chi connectivity index (χ0v) is 34.9. The fourth-order valence-electron chi connectivity index (χ4n) is 13.7. The van der Waals surface area contributed by atoms with Crippen LogP contribution in [0.5, 0.6) is 0 Å². The van der Waals surface area contributed by atoms with Gasteiger partial charge in [-0.2, -0.15) is 0 Å². The molecule has 2 heterocycles. The van der Waals surface area contributed by atoms with Gasteiger partial charge in [-0.05, 0) is 109 Å². The topological polar surface area (TPSA) is 222 Å². The third-order valence-electron chi connectivity index (χ3n) is 17.4. The molecule has 0 amide bonds. The van der Waals surface area contributed by atoms with E-state index in [4.69, 9.17) is 23.7 Å². The second-order valence-corrected chi connectivity index (χ2v) is 20.9. The van der Waals surface area contributed by atoms with Crippen LogP contribution in [0.25, 0.3) is 0 Å². The van der Waals surface area contributed by atoms with E-state index in [0.717, 1.165) is 44.9 Å². The van der Waals surface area contributed by atoms with Crippen molar-refractivity contribution in [3.05, 3.63) is 11.6 Å². The number of aliphatic hydroxyl groups is 7. The van der Waals surface area contributed by atoms with Crippen molar-refractivity contribution in [1.29, 1.82) is 0 Å². The maximum atomic E-state index is 14.6. The zero-order chi connectivity index (χ0) is 41.8. The van der Waals surface area contributed by atoms with Gasteiger partial charge in [0.2, 0.25) is 6.29 Å². The Hall–Kier alpha value is -1.72. The van der Waals surface area contributed by atoms with Gasteiger partial charge in [-0.3, -0.25) is 4.79 Å². The number of allylic oxidation sites excluding steroid dienone is 2. The van der Waals surface area contributed by atoms with Gasteiger partial charge in [-0.1, -0.05) is 60.1 Å². The van der Waals surface area contributed by atoms with E-state index in [0.29, 0.717) is 25.2 Å². The van der Waals surface area contributed by atoms with Gasteiger partial charge in [0, 0.05) is 0 Å². The van der Waals surface area contributed by atoms with Gasteiger partial charge in [0.1, 0.15) is 42.7 Å². The fraction of sp³-hybridized carbons (Fsp3) is 0.907. The van der Waals surface area contributed by atoms with Crippen LogP contribution in [-0.2, 0) is 33.3 Å². The predicted octanol–water partition coefficient (Wildman–Crippen LogP) is 2.50. The van der Waals surface area contributed by atoms with Crippen LogP contribution in [0.15, 0.2) is 11.6 Å². The van der Waals surface area contributed by atoms with Gasteiger partial charge in [0.05, 0.1) is 25.2 Å². The number of hydrogen-bond donors (Lipinski definition) is 7. The summed E-state index contributed by atoms with van der Waals surface area (Å²) in [4.78, 5) is 27.0. The molecule has 6 fully saturated rings. The van der Waals surface area contributed by atoms with Gasteiger partial charge >= 0.3 is 11.9 Å².